The lowest BCUT2D eigenvalue weighted by molar-refractivity contribution is 0.0948. The van der Waals surface area contributed by atoms with Crippen molar-refractivity contribution < 1.29 is 9.53 Å². The van der Waals surface area contributed by atoms with E-state index in [0.717, 1.165) is 40.7 Å². The smallest absolute Gasteiger partial charge is 0.255 e. The van der Waals surface area contributed by atoms with Crippen molar-refractivity contribution in [2.24, 2.45) is 7.05 Å². The summed E-state index contributed by atoms with van der Waals surface area (Å²) in [6.45, 7) is 0. The molecule has 1 saturated carbocycles. The second-order valence-electron chi connectivity index (χ2n) is 7.61. The number of carbonyl (C=O) groups is 1. The van der Waals surface area contributed by atoms with Crippen LogP contribution < -0.4 is 10.1 Å². The minimum atomic E-state index is -0.106. The van der Waals surface area contributed by atoms with Crippen molar-refractivity contribution in [3.8, 4) is 17.1 Å². The van der Waals surface area contributed by atoms with Gasteiger partial charge in [0.15, 0.2) is 5.82 Å². The summed E-state index contributed by atoms with van der Waals surface area (Å²) in [5.74, 6) is 1.86. The average Bonchev–Trinajstić information content (AvgIpc) is 3.31. The number of rotatable bonds is 6. The van der Waals surface area contributed by atoms with Crippen molar-refractivity contribution in [2.75, 3.05) is 7.11 Å². The second kappa shape index (κ2) is 7.29. The Balaban J connectivity index is 1.41. The van der Waals surface area contributed by atoms with Gasteiger partial charge >= 0.3 is 0 Å². The normalized spacial score (nSPS) is 13.5. The number of aromatic nitrogens is 5. The van der Waals surface area contributed by atoms with Gasteiger partial charge in [-0.25, -0.2) is 4.98 Å². The summed E-state index contributed by atoms with van der Waals surface area (Å²) in [4.78, 5) is 17.1. The van der Waals surface area contributed by atoms with E-state index in [1.54, 1.807) is 17.9 Å². The minimum absolute atomic E-state index is 0.106. The summed E-state index contributed by atoms with van der Waals surface area (Å²) in [6.07, 6.45) is 4.55. The van der Waals surface area contributed by atoms with Crippen LogP contribution in [0.25, 0.3) is 22.3 Å². The van der Waals surface area contributed by atoms with Gasteiger partial charge in [-0.15, -0.1) is 0 Å². The highest BCUT2D eigenvalue weighted by Gasteiger charge is 2.25. The molecular weight excluding hydrogens is 380 g/mol. The lowest BCUT2D eigenvalue weighted by Gasteiger charge is -2.09. The Kier molecular flexibility index (Phi) is 4.46. The molecule has 0 unspecified atom stereocenters. The van der Waals surface area contributed by atoms with Gasteiger partial charge < -0.3 is 10.1 Å². The van der Waals surface area contributed by atoms with Crippen LogP contribution in [0.1, 0.15) is 34.6 Å². The zero-order valence-corrected chi connectivity index (χ0v) is 16.8. The van der Waals surface area contributed by atoms with Gasteiger partial charge in [-0.1, -0.05) is 12.1 Å². The number of fused-ring (bicyclic) bond motifs is 1. The molecule has 5 rings (SSSR count). The van der Waals surface area contributed by atoms with Crippen LogP contribution in [0.2, 0.25) is 0 Å². The van der Waals surface area contributed by atoms with E-state index in [-0.39, 0.29) is 5.91 Å². The van der Waals surface area contributed by atoms with Crippen LogP contribution in [0, 0.1) is 0 Å². The first-order chi connectivity index (χ1) is 14.6. The molecule has 8 heteroatoms. The zero-order chi connectivity index (χ0) is 20.7. The molecule has 1 amide bonds. The average molecular weight is 402 g/mol. The number of nitrogens with one attached hydrogen (secondary N) is 2. The molecule has 0 bridgehead atoms. The molecular formula is C22H22N6O2. The van der Waals surface area contributed by atoms with Crippen molar-refractivity contribution >= 4 is 16.8 Å². The van der Waals surface area contributed by atoms with Crippen LogP contribution >= 0.6 is 0 Å². The van der Waals surface area contributed by atoms with Crippen LogP contribution in [0.5, 0.6) is 5.75 Å². The number of benzene rings is 2. The molecule has 0 aliphatic heterocycles. The number of aryl methyl sites for hydroxylation is 1. The Bertz CT molecular complexity index is 1240. The van der Waals surface area contributed by atoms with Gasteiger partial charge in [0.1, 0.15) is 11.6 Å². The zero-order valence-electron chi connectivity index (χ0n) is 16.8. The maximum atomic E-state index is 12.4. The van der Waals surface area contributed by atoms with E-state index in [0.29, 0.717) is 29.6 Å². The van der Waals surface area contributed by atoms with Crippen LogP contribution in [0.3, 0.4) is 0 Å². The molecule has 30 heavy (non-hydrogen) atoms. The lowest BCUT2D eigenvalue weighted by atomic mass is 10.1. The minimum Gasteiger partial charge on any atom is -0.496 e. The highest BCUT2D eigenvalue weighted by Crippen LogP contribution is 2.27. The number of hydrogen-bond donors (Lipinski definition) is 2. The molecule has 1 aliphatic rings. The number of H-pyrrole nitrogens is 1. The molecule has 1 fully saturated rings. The summed E-state index contributed by atoms with van der Waals surface area (Å²) in [6, 6.07) is 11.9. The molecule has 0 spiro atoms. The van der Waals surface area contributed by atoms with Crippen molar-refractivity contribution in [3.05, 3.63) is 59.5 Å². The number of nitrogens with zero attached hydrogens (tertiary/aromatic N) is 4. The quantitative estimate of drug-likeness (QED) is 0.517. The molecule has 0 saturated heterocycles. The number of aromatic amines is 1. The fourth-order valence-corrected chi connectivity index (χ4v) is 3.49. The van der Waals surface area contributed by atoms with Gasteiger partial charge in [-0.05, 0) is 42.7 Å². The Hall–Kier alpha value is -3.68. The molecule has 4 aromatic rings. The van der Waals surface area contributed by atoms with Crippen LogP contribution in [-0.2, 0) is 13.5 Å². The van der Waals surface area contributed by atoms with Crippen LogP contribution in [-0.4, -0.2) is 44.0 Å². The highest BCUT2D eigenvalue weighted by molar-refractivity contribution is 5.97. The molecule has 2 heterocycles. The number of amides is 1. The fraction of sp³-hybridized carbons (Fsp3) is 0.273. The van der Waals surface area contributed by atoms with E-state index in [1.165, 1.54) is 0 Å². The first-order valence-corrected chi connectivity index (χ1v) is 9.92. The van der Waals surface area contributed by atoms with Crippen molar-refractivity contribution in [1.82, 2.24) is 30.3 Å². The third kappa shape index (κ3) is 3.52. The van der Waals surface area contributed by atoms with E-state index in [9.17, 15) is 4.79 Å². The topological polar surface area (TPSA) is 97.7 Å². The van der Waals surface area contributed by atoms with E-state index < -0.39 is 0 Å². The van der Waals surface area contributed by atoms with E-state index in [2.05, 4.69) is 32.7 Å². The van der Waals surface area contributed by atoms with Gasteiger partial charge in [0.05, 0.1) is 24.4 Å². The summed E-state index contributed by atoms with van der Waals surface area (Å²) >= 11 is 0. The molecule has 8 nitrogen and oxygen atoms in total. The predicted molar refractivity (Wildman–Crippen MR) is 112 cm³/mol. The maximum Gasteiger partial charge on any atom is 0.255 e. The Labute approximate surface area is 173 Å². The number of methoxy groups -OCH3 is 1. The lowest BCUT2D eigenvalue weighted by Crippen LogP contribution is -2.25. The number of hydrogen-bond acceptors (Lipinski definition) is 5. The van der Waals surface area contributed by atoms with Crippen molar-refractivity contribution in [1.29, 1.82) is 0 Å². The molecule has 2 aromatic heterocycles. The fourth-order valence-electron chi connectivity index (χ4n) is 3.49. The molecule has 2 N–H and O–H groups in total. The van der Waals surface area contributed by atoms with E-state index in [4.69, 9.17) is 9.72 Å². The SMILES string of the molecule is COc1cc(-c2nc(Cc3ccc4[nH]ncc4c3)n(C)n2)ccc1C(=O)NC1CC1. The highest BCUT2D eigenvalue weighted by atomic mass is 16.5. The van der Waals surface area contributed by atoms with Gasteiger partial charge in [0, 0.05) is 30.5 Å². The van der Waals surface area contributed by atoms with Crippen molar-refractivity contribution in [3.63, 3.8) is 0 Å². The molecule has 0 atom stereocenters. The van der Waals surface area contributed by atoms with Crippen LogP contribution in [0.15, 0.2) is 42.6 Å². The van der Waals surface area contributed by atoms with Crippen molar-refractivity contribution in [2.45, 2.75) is 25.3 Å². The van der Waals surface area contributed by atoms with Gasteiger partial charge in [-0.3, -0.25) is 14.6 Å². The first-order valence-electron chi connectivity index (χ1n) is 9.92. The molecule has 2 aromatic carbocycles. The maximum absolute atomic E-state index is 12.4. The third-order valence-electron chi connectivity index (χ3n) is 5.34. The summed E-state index contributed by atoms with van der Waals surface area (Å²) in [7, 11) is 3.45. The largest absolute Gasteiger partial charge is 0.496 e. The van der Waals surface area contributed by atoms with Crippen LogP contribution in [0.4, 0.5) is 0 Å². The Morgan fingerprint density at radius 2 is 2.13 bits per heavy atom. The van der Waals surface area contributed by atoms with Gasteiger partial charge in [0.25, 0.3) is 5.91 Å². The van der Waals surface area contributed by atoms with Gasteiger partial charge in [0.2, 0.25) is 0 Å². The standard InChI is InChI=1S/C22H22N6O2/c1-28-20(10-13-3-8-18-15(9-13)12-23-26-18)25-21(27-28)14-4-7-17(19(11-14)30-2)22(29)24-16-5-6-16/h3-4,7-9,11-12,16H,5-6,10H2,1-2H3,(H,23,26)(H,24,29). The number of carbonyl (C=O) groups excluding carboxylic acids is 1. The third-order valence-corrected chi connectivity index (χ3v) is 5.34. The summed E-state index contributed by atoms with van der Waals surface area (Å²) in [5, 5.41) is 15.7. The monoisotopic (exact) mass is 402 g/mol. The Morgan fingerprint density at radius 3 is 2.93 bits per heavy atom. The van der Waals surface area contributed by atoms with E-state index >= 15 is 0 Å². The second-order valence-corrected chi connectivity index (χ2v) is 7.61. The summed E-state index contributed by atoms with van der Waals surface area (Å²) in [5.41, 5.74) is 3.48. The molecule has 152 valence electrons. The molecule has 0 radical (unpaired) electrons. The summed E-state index contributed by atoms with van der Waals surface area (Å²) < 4.78 is 7.25. The first kappa shape index (κ1) is 18.4. The van der Waals surface area contributed by atoms with Gasteiger partial charge in [-0.2, -0.15) is 10.2 Å². The number of ether oxygens (including phenoxy) is 1. The van der Waals surface area contributed by atoms with E-state index in [1.807, 2.05) is 31.4 Å². The Morgan fingerprint density at radius 1 is 1.27 bits per heavy atom. The predicted octanol–water partition coefficient (Wildman–Crippen LogP) is 2.85. The molecule has 1 aliphatic carbocycles.